The minimum absolute atomic E-state index is 0.00985. The first-order valence-corrected chi connectivity index (χ1v) is 10.8. The summed E-state index contributed by atoms with van der Waals surface area (Å²) in [5.74, 6) is 1.75. The molecule has 4 nitrogen and oxygen atoms in total. The number of fused-ring (bicyclic) bond motifs is 2. The van der Waals surface area contributed by atoms with Crippen LogP contribution in [0.25, 0.3) is 0 Å². The van der Waals surface area contributed by atoms with E-state index in [0.29, 0.717) is 36.9 Å². The van der Waals surface area contributed by atoms with Gasteiger partial charge in [0.25, 0.3) is 0 Å². The van der Waals surface area contributed by atoms with E-state index in [1.165, 1.54) is 6.07 Å². The number of hydrogen-bond acceptors (Lipinski definition) is 4. The molecule has 2 heterocycles. The van der Waals surface area contributed by atoms with Gasteiger partial charge >= 0.3 is 0 Å². The van der Waals surface area contributed by atoms with Crippen molar-refractivity contribution in [1.29, 1.82) is 0 Å². The number of ether oxygens (including phenoxy) is 2. The highest BCUT2D eigenvalue weighted by atomic mass is 19.1. The van der Waals surface area contributed by atoms with Crippen LogP contribution in [0.5, 0.6) is 17.4 Å². The average molecular weight is 421 g/mol. The number of aromatic nitrogens is 1. The molecule has 1 aromatic heterocycles. The van der Waals surface area contributed by atoms with E-state index in [2.05, 4.69) is 23.7 Å². The highest BCUT2D eigenvalue weighted by molar-refractivity contribution is 5.43. The Morgan fingerprint density at radius 1 is 1.00 bits per heavy atom. The van der Waals surface area contributed by atoms with Gasteiger partial charge in [-0.1, -0.05) is 50.2 Å². The van der Waals surface area contributed by atoms with Gasteiger partial charge in [-0.15, -0.1) is 0 Å². The Balaban J connectivity index is 1.67. The molecule has 0 saturated heterocycles. The fraction of sp³-hybridized carbons (Fsp3) is 0.346. The van der Waals surface area contributed by atoms with Gasteiger partial charge in [0.1, 0.15) is 5.82 Å². The van der Waals surface area contributed by atoms with Gasteiger partial charge in [0, 0.05) is 30.4 Å². The third kappa shape index (κ3) is 5.61. The molecule has 0 radical (unpaired) electrons. The molecule has 0 saturated carbocycles. The van der Waals surface area contributed by atoms with Crippen molar-refractivity contribution in [2.45, 2.75) is 39.8 Å². The molecule has 2 aromatic carbocycles. The second kappa shape index (κ2) is 9.48. The van der Waals surface area contributed by atoms with E-state index in [0.717, 1.165) is 30.7 Å². The Morgan fingerprint density at radius 3 is 2.61 bits per heavy atom. The van der Waals surface area contributed by atoms with Gasteiger partial charge in [0.2, 0.25) is 5.88 Å². The third-order valence-corrected chi connectivity index (χ3v) is 5.60. The second-order valence-corrected chi connectivity index (χ2v) is 8.87. The lowest BCUT2D eigenvalue weighted by Crippen LogP contribution is -2.27. The number of hydrogen-bond donors (Lipinski definition) is 0. The summed E-state index contributed by atoms with van der Waals surface area (Å²) >= 11 is 0. The van der Waals surface area contributed by atoms with Crippen LogP contribution in [0.2, 0.25) is 0 Å². The van der Waals surface area contributed by atoms with Crippen LogP contribution in [0.15, 0.2) is 66.9 Å². The van der Waals surface area contributed by atoms with Crippen LogP contribution in [-0.2, 0) is 13.1 Å². The average Bonchev–Trinajstić information content (AvgIpc) is 2.76. The smallest absolute Gasteiger partial charge is 0.223 e. The Morgan fingerprint density at radius 2 is 1.77 bits per heavy atom. The van der Waals surface area contributed by atoms with Crippen molar-refractivity contribution in [3.05, 3.63) is 83.8 Å². The van der Waals surface area contributed by atoms with E-state index in [9.17, 15) is 4.39 Å². The first kappa shape index (κ1) is 21.3. The number of pyridine rings is 1. The normalized spacial score (nSPS) is 17.0. The molecule has 0 bridgehead atoms. The Bertz CT molecular complexity index is 1020. The predicted octanol–water partition coefficient (Wildman–Crippen LogP) is 6.21. The zero-order chi connectivity index (χ0) is 21.7. The molecule has 3 aromatic rings. The fourth-order valence-corrected chi connectivity index (χ4v) is 3.84. The van der Waals surface area contributed by atoms with Crippen molar-refractivity contribution in [2.75, 3.05) is 13.2 Å². The van der Waals surface area contributed by atoms with Gasteiger partial charge < -0.3 is 9.47 Å². The molecule has 0 unspecified atom stereocenters. The number of para-hydroxylation sites is 2. The molecule has 4 rings (SSSR count). The van der Waals surface area contributed by atoms with Crippen LogP contribution in [0.1, 0.15) is 37.8 Å². The number of nitrogens with zero attached hydrogens (tertiary/aromatic N) is 2. The SMILES string of the molecule is CC1(C)CCCN(Cc2ccccc2F)Cc2cccnc2Oc2ccccc2OC1. The summed E-state index contributed by atoms with van der Waals surface area (Å²) in [4.78, 5) is 6.75. The number of rotatable bonds is 2. The summed E-state index contributed by atoms with van der Waals surface area (Å²) in [6.45, 7) is 7.03. The van der Waals surface area contributed by atoms with Crippen LogP contribution < -0.4 is 9.47 Å². The predicted molar refractivity (Wildman–Crippen MR) is 120 cm³/mol. The van der Waals surface area contributed by atoms with Crippen molar-refractivity contribution in [2.24, 2.45) is 5.41 Å². The fourth-order valence-electron chi connectivity index (χ4n) is 3.84. The van der Waals surface area contributed by atoms with Crippen molar-refractivity contribution in [1.82, 2.24) is 9.88 Å². The van der Waals surface area contributed by atoms with Gasteiger partial charge in [0.15, 0.2) is 11.5 Å². The van der Waals surface area contributed by atoms with Crippen LogP contribution >= 0.6 is 0 Å². The molecule has 1 aliphatic heterocycles. The zero-order valence-corrected chi connectivity index (χ0v) is 18.2. The molecule has 0 fully saturated rings. The highest BCUT2D eigenvalue weighted by Crippen LogP contribution is 2.35. The topological polar surface area (TPSA) is 34.6 Å². The van der Waals surface area contributed by atoms with Gasteiger partial charge in [-0.2, -0.15) is 0 Å². The third-order valence-electron chi connectivity index (χ3n) is 5.60. The maximum Gasteiger partial charge on any atom is 0.223 e. The molecule has 31 heavy (non-hydrogen) atoms. The molecular formula is C26H29FN2O2. The molecule has 5 heteroatoms. The van der Waals surface area contributed by atoms with E-state index in [4.69, 9.17) is 9.47 Å². The van der Waals surface area contributed by atoms with Crippen molar-refractivity contribution in [3.8, 4) is 17.4 Å². The van der Waals surface area contributed by atoms with Crippen molar-refractivity contribution >= 4 is 0 Å². The van der Waals surface area contributed by atoms with E-state index >= 15 is 0 Å². The first-order chi connectivity index (χ1) is 15.0. The maximum absolute atomic E-state index is 14.3. The van der Waals surface area contributed by atoms with Crippen molar-refractivity contribution < 1.29 is 13.9 Å². The molecule has 0 atom stereocenters. The molecule has 162 valence electrons. The van der Waals surface area contributed by atoms with Crippen LogP contribution in [-0.4, -0.2) is 23.0 Å². The zero-order valence-electron chi connectivity index (χ0n) is 18.2. The standard InChI is InChI=1S/C26H29FN2O2/c1-26(2)14-8-16-29(17-20-9-3-4-11-22(20)27)18-21-10-7-15-28-25(21)31-24-13-6-5-12-23(24)30-19-26/h3-7,9-13,15H,8,14,16-19H2,1-2H3. The molecule has 0 spiro atoms. The lowest BCUT2D eigenvalue weighted by molar-refractivity contribution is 0.154. The minimum Gasteiger partial charge on any atom is -0.489 e. The summed E-state index contributed by atoms with van der Waals surface area (Å²) in [5, 5.41) is 0. The van der Waals surface area contributed by atoms with Crippen molar-refractivity contribution in [3.63, 3.8) is 0 Å². The summed E-state index contributed by atoms with van der Waals surface area (Å²) in [5.41, 5.74) is 1.67. The largest absolute Gasteiger partial charge is 0.489 e. The first-order valence-electron chi connectivity index (χ1n) is 10.8. The summed E-state index contributed by atoms with van der Waals surface area (Å²) in [6, 6.07) is 18.6. The quantitative estimate of drug-likeness (QED) is 0.493. The second-order valence-electron chi connectivity index (χ2n) is 8.87. The van der Waals surface area contributed by atoms with Gasteiger partial charge in [-0.3, -0.25) is 4.90 Å². The van der Waals surface area contributed by atoms with E-state index < -0.39 is 0 Å². The molecular weight excluding hydrogens is 391 g/mol. The number of benzene rings is 2. The van der Waals surface area contributed by atoms with Crippen LogP contribution in [0, 0.1) is 11.2 Å². The van der Waals surface area contributed by atoms with Gasteiger partial charge in [-0.05, 0) is 49.1 Å². The summed E-state index contributed by atoms with van der Waals surface area (Å²) in [7, 11) is 0. The van der Waals surface area contributed by atoms with Gasteiger partial charge in [-0.25, -0.2) is 9.37 Å². The van der Waals surface area contributed by atoms with E-state index in [-0.39, 0.29) is 11.2 Å². The molecule has 1 aliphatic rings. The summed E-state index contributed by atoms with van der Waals surface area (Å²) in [6.07, 6.45) is 3.72. The van der Waals surface area contributed by atoms with Crippen LogP contribution in [0.3, 0.4) is 0 Å². The number of halogens is 1. The van der Waals surface area contributed by atoms with Gasteiger partial charge in [0.05, 0.1) is 6.61 Å². The Kier molecular flexibility index (Phi) is 6.52. The van der Waals surface area contributed by atoms with Crippen LogP contribution in [0.4, 0.5) is 4.39 Å². The molecule has 0 N–H and O–H groups in total. The summed E-state index contributed by atoms with van der Waals surface area (Å²) < 4.78 is 26.7. The molecule has 0 amide bonds. The lowest BCUT2D eigenvalue weighted by atomic mass is 9.88. The Labute approximate surface area is 183 Å². The monoisotopic (exact) mass is 420 g/mol. The minimum atomic E-state index is -0.171. The van der Waals surface area contributed by atoms with E-state index in [1.54, 1.807) is 12.3 Å². The Hall–Kier alpha value is -2.92. The maximum atomic E-state index is 14.3. The van der Waals surface area contributed by atoms with E-state index in [1.807, 2.05) is 48.5 Å². The highest BCUT2D eigenvalue weighted by Gasteiger charge is 2.22. The molecule has 0 aliphatic carbocycles. The lowest BCUT2D eigenvalue weighted by Gasteiger charge is -2.27.